The first kappa shape index (κ1) is 14.9. The van der Waals surface area contributed by atoms with Crippen LogP contribution in [0, 0.1) is 21.4 Å². The second-order valence-corrected chi connectivity index (χ2v) is 3.62. The van der Waals surface area contributed by atoms with E-state index >= 15 is 0 Å². The smallest absolute Gasteiger partial charge is 0.322 e. The summed E-state index contributed by atoms with van der Waals surface area (Å²) in [5.74, 6) is -1.83. The van der Waals surface area contributed by atoms with Gasteiger partial charge in [-0.25, -0.2) is 0 Å². The summed E-state index contributed by atoms with van der Waals surface area (Å²) in [7, 11) is 0. The lowest BCUT2D eigenvalue weighted by molar-refractivity contribution is -0.384. The van der Waals surface area contributed by atoms with E-state index in [1.54, 1.807) is 0 Å². The predicted octanol–water partition coefficient (Wildman–Crippen LogP) is 0.0792. The van der Waals surface area contributed by atoms with E-state index in [1.807, 2.05) is 6.07 Å². The third-order valence-corrected chi connectivity index (χ3v) is 2.20. The maximum absolute atomic E-state index is 11.3. The maximum atomic E-state index is 11.3. The largest absolute Gasteiger partial charge is 0.480 e. The second-order valence-electron chi connectivity index (χ2n) is 3.62. The fourth-order valence-corrected chi connectivity index (χ4v) is 1.32. The Labute approximate surface area is 113 Å². The third-order valence-electron chi connectivity index (χ3n) is 2.20. The molecule has 1 aromatic carbocycles. The number of carboxylic acids is 1. The molecule has 0 saturated heterocycles. The van der Waals surface area contributed by atoms with Crippen molar-refractivity contribution in [3.05, 3.63) is 33.9 Å². The van der Waals surface area contributed by atoms with Crippen molar-refractivity contribution in [2.24, 2.45) is 0 Å². The van der Waals surface area contributed by atoms with Crippen molar-refractivity contribution in [2.75, 3.05) is 18.4 Å². The quantitative estimate of drug-likeness (QED) is 0.493. The number of amides is 1. The molecule has 9 heteroatoms. The molecule has 104 valence electrons. The van der Waals surface area contributed by atoms with E-state index in [0.29, 0.717) is 0 Å². The van der Waals surface area contributed by atoms with E-state index in [4.69, 9.17) is 10.4 Å². The van der Waals surface area contributed by atoms with E-state index < -0.39 is 23.3 Å². The van der Waals surface area contributed by atoms with Crippen LogP contribution in [-0.4, -0.2) is 35.0 Å². The number of carbonyl (C=O) groups is 2. The highest BCUT2D eigenvalue weighted by Crippen LogP contribution is 2.24. The number of carboxylic acid groups (broad SMARTS) is 1. The van der Waals surface area contributed by atoms with Gasteiger partial charge in [-0.05, 0) is 12.1 Å². The number of nitrogens with zero attached hydrogens (tertiary/aromatic N) is 2. The molecule has 1 amide bonds. The zero-order chi connectivity index (χ0) is 15.1. The number of nitro groups is 1. The number of hydrogen-bond acceptors (Lipinski definition) is 6. The van der Waals surface area contributed by atoms with Crippen LogP contribution in [-0.2, 0) is 9.59 Å². The minimum atomic E-state index is -1.20. The standard InChI is InChI=1S/C11H10N4O5/c12-4-7-1-2-9(15(19)20)8(3-7)13-5-10(16)14-6-11(17)18/h1-3,13H,5-6H2,(H,14,16)(H,17,18). The van der Waals surface area contributed by atoms with Crippen LogP contribution in [0.15, 0.2) is 18.2 Å². The Morgan fingerprint density at radius 2 is 2.10 bits per heavy atom. The van der Waals surface area contributed by atoms with Gasteiger partial charge in [-0.15, -0.1) is 0 Å². The molecule has 0 aliphatic carbocycles. The lowest BCUT2D eigenvalue weighted by atomic mass is 10.2. The Balaban J connectivity index is 2.76. The molecule has 1 rings (SSSR count). The first-order valence-corrected chi connectivity index (χ1v) is 5.35. The summed E-state index contributed by atoms with van der Waals surface area (Å²) in [5, 5.41) is 32.5. The molecule has 0 atom stereocenters. The molecule has 20 heavy (non-hydrogen) atoms. The average molecular weight is 278 g/mol. The Morgan fingerprint density at radius 3 is 2.65 bits per heavy atom. The van der Waals surface area contributed by atoms with E-state index in [2.05, 4.69) is 10.6 Å². The Kier molecular flexibility index (Phi) is 4.99. The van der Waals surface area contributed by atoms with Crippen molar-refractivity contribution < 1.29 is 19.6 Å². The van der Waals surface area contributed by atoms with Crippen LogP contribution in [0.25, 0.3) is 0 Å². The van der Waals surface area contributed by atoms with Gasteiger partial charge < -0.3 is 15.7 Å². The van der Waals surface area contributed by atoms with Gasteiger partial charge >= 0.3 is 5.97 Å². The molecule has 0 heterocycles. The number of nitro benzene ring substituents is 1. The molecule has 0 fully saturated rings. The summed E-state index contributed by atoms with van der Waals surface area (Å²) >= 11 is 0. The number of aliphatic carboxylic acids is 1. The molecule has 3 N–H and O–H groups in total. The predicted molar refractivity (Wildman–Crippen MR) is 66.9 cm³/mol. The van der Waals surface area contributed by atoms with Gasteiger partial charge in [0.05, 0.1) is 23.1 Å². The maximum Gasteiger partial charge on any atom is 0.322 e. The molecular formula is C11H10N4O5. The van der Waals surface area contributed by atoms with Gasteiger partial charge in [-0.1, -0.05) is 0 Å². The highest BCUT2D eigenvalue weighted by atomic mass is 16.6. The molecule has 1 aromatic rings. The molecule has 0 saturated carbocycles. The summed E-state index contributed by atoms with van der Waals surface area (Å²) in [5.41, 5.74) is -0.0707. The van der Waals surface area contributed by atoms with Crippen molar-refractivity contribution in [3.63, 3.8) is 0 Å². The topological polar surface area (TPSA) is 145 Å². The van der Waals surface area contributed by atoms with Crippen LogP contribution in [0.3, 0.4) is 0 Å². The summed E-state index contributed by atoms with van der Waals surface area (Å²) in [6, 6.07) is 5.49. The van der Waals surface area contributed by atoms with Gasteiger partial charge in [0.25, 0.3) is 5.69 Å². The Bertz CT molecular complexity index is 593. The number of hydrogen-bond donors (Lipinski definition) is 3. The number of rotatable bonds is 6. The Morgan fingerprint density at radius 1 is 1.40 bits per heavy atom. The van der Waals surface area contributed by atoms with Crippen LogP contribution in [0.1, 0.15) is 5.56 Å². The van der Waals surface area contributed by atoms with Crippen LogP contribution in [0.2, 0.25) is 0 Å². The molecular weight excluding hydrogens is 268 g/mol. The van der Waals surface area contributed by atoms with Crippen LogP contribution >= 0.6 is 0 Å². The molecule has 0 unspecified atom stereocenters. The zero-order valence-electron chi connectivity index (χ0n) is 10.1. The third kappa shape index (κ3) is 4.26. The fraction of sp³-hybridized carbons (Fsp3) is 0.182. The molecule has 0 bridgehead atoms. The number of benzene rings is 1. The summed E-state index contributed by atoms with van der Waals surface area (Å²) < 4.78 is 0. The van der Waals surface area contributed by atoms with Crippen LogP contribution in [0.4, 0.5) is 11.4 Å². The zero-order valence-corrected chi connectivity index (χ0v) is 10.1. The first-order chi connectivity index (χ1) is 9.43. The summed E-state index contributed by atoms with van der Waals surface area (Å²) in [4.78, 5) is 31.7. The van der Waals surface area contributed by atoms with E-state index in [-0.39, 0.29) is 23.5 Å². The van der Waals surface area contributed by atoms with Gasteiger partial charge in [0.2, 0.25) is 5.91 Å². The van der Waals surface area contributed by atoms with Crippen LogP contribution < -0.4 is 10.6 Å². The molecule has 9 nitrogen and oxygen atoms in total. The van der Waals surface area contributed by atoms with Crippen LogP contribution in [0.5, 0.6) is 0 Å². The van der Waals surface area contributed by atoms with E-state index in [1.165, 1.54) is 12.1 Å². The monoisotopic (exact) mass is 278 g/mol. The van der Waals surface area contributed by atoms with Gasteiger partial charge in [0.1, 0.15) is 12.2 Å². The van der Waals surface area contributed by atoms with Gasteiger partial charge in [0.15, 0.2) is 0 Å². The summed E-state index contributed by atoms with van der Waals surface area (Å²) in [6.07, 6.45) is 0. The van der Waals surface area contributed by atoms with Crippen molar-refractivity contribution in [1.29, 1.82) is 5.26 Å². The first-order valence-electron chi connectivity index (χ1n) is 5.35. The highest BCUT2D eigenvalue weighted by molar-refractivity contribution is 5.85. The second kappa shape index (κ2) is 6.69. The van der Waals surface area contributed by atoms with Gasteiger partial charge in [-0.2, -0.15) is 5.26 Å². The minimum absolute atomic E-state index is 0.0134. The van der Waals surface area contributed by atoms with Crippen molar-refractivity contribution in [2.45, 2.75) is 0 Å². The van der Waals surface area contributed by atoms with E-state index in [0.717, 1.165) is 6.07 Å². The van der Waals surface area contributed by atoms with E-state index in [9.17, 15) is 19.7 Å². The number of nitrogens with one attached hydrogen (secondary N) is 2. The minimum Gasteiger partial charge on any atom is -0.480 e. The van der Waals surface area contributed by atoms with Gasteiger partial charge in [0, 0.05) is 6.07 Å². The Hall–Kier alpha value is -3.15. The number of anilines is 1. The lowest BCUT2D eigenvalue weighted by Gasteiger charge is -2.07. The van der Waals surface area contributed by atoms with Crippen molar-refractivity contribution >= 4 is 23.3 Å². The fourth-order valence-electron chi connectivity index (χ4n) is 1.32. The highest BCUT2D eigenvalue weighted by Gasteiger charge is 2.15. The number of nitriles is 1. The van der Waals surface area contributed by atoms with Crippen molar-refractivity contribution in [3.8, 4) is 6.07 Å². The molecule has 0 aromatic heterocycles. The molecule has 0 spiro atoms. The number of carbonyl (C=O) groups excluding carboxylic acids is 1. The van der Waals surface area contributed by atoms with Gasteiger partial charge in [-0.3, -0.25) is 19.7 Å². The summed E-state index contributed by atoms with van der Waals surface area (Å²) in [6.45, 7) is -0.885. The molecule has 0 radical (unpaired) electrons. The SMILES string of the molecule is N#Cc1ccc([N+](=O)[O-])c(NCC(=O)NCC(=O)O)c1. The van der Waals surface area contributed by atoms with Crippen molar-refractivity contribution in [1.82, 2.24) is 5.32 Å². The normalized spacial score (nSPS) is 9.35. The molecule has 0 aliphatic rings. The lowest BCUT2D eigenvalue weighted by Crippen LogP contribution is -2.33. The average Bonchev–Trinajstić information content (AvgIpc) is 2.42. The molecule has 0 aliphatic heterocycles.